The van der Waals surface area contributed by atoms with Gasteiger partial charge in [-0.3, -0.25) is 4.79 Å². The van der Waals surface area contributed by atoms with E-state index in [1.165, 1.54) is 10.5 Å². The predicted octanol–water partition coefficient (Wildman–Crippen LogP) is 2.23. The average molecular weight is 294 g/mol. The molecule has 1 heterocycles. The Balaban J connectivity index is 2.10. The number of thiocarbonyl (C=S) groups is 1. The van der Waals surface area contributed by atoms with Gasteiger partial charge in [0.15, 0.2) is 0 Å². The van der Waals surface area contributed by atoms with E-state index < -0.39 is 0 Å². The van der Waals surface area contributed by atoms with E-state index in [9.17, 15) is 4.79 Å². The third-order valence-corrected chi connectivity index (χ3v) is 4.59. The standard InChI is InChI=1S/C14H18N2OS2/c1-9(2)16(8-13(15)18)14(17)12-7-10-5-3-4-6-11(10)19-12/h3-6,9,12H,7-8H2,1-2H3,(H2,15,18). The SMILES string of the molecule is CC(C)N(CC(N)=S)C(=O)C1Cc2ccccc2S1. The van der Waals surface area contributed by atoms with Crippen molar-refractivity contribution in [2.24, 2.45) is 5.73 Å². The monoisotopic (exact) mass is 294 g/mol. The van der Waals surface area contributed by atoms with Crippen LogP contribution >= 0.6 is 24.0 Å². The van der Waals surface area contributed by atoms with Crippen LogP contribution in [-0.2, 0) is 11.2 Å². The molecule has 1 aliphatic heterocycles. The van der Waals surface area contributed by atoms with Gasteiger partial charge in [0, 0.05) is 10.9 Å². The normalized spacial score (nSPS) is 17.3. The summed E-state index contributed by atoms with van der Waals surface area (Å²) in [6.07, 6.45) is 0.792. The van der Waals surface area contributed by atoms with Crippen molar-refractivity contribution in [1.29, 1.82) is 0 Å². The summed E-state index contributed by atoms with van der Waals surface area (Å²) < 4.78 is 0. The quantitative estimate of drug-likeness (QED) is 0.865. The maximum absolute atomic E-state index is 12.6. The summed E-state index contributed by atoms with van der Waals surface area (Å²) in [4.78, 5) is 15.9. The second kappa shape index (κ2) is 5.92. The number of carbonyl (C=O) groups excluding carboxylic acids is 1. The summed E-state index contributed by atoms with van der Waals surface area (Å²) in [6.45, 7) is 4.34. The maximum atomic E-state index is 12.6. The maximum Gasteiger partial charge on any atom is 0.237 e. The van der Waals surface area contributed by atoms with Crippen LogP contribution in [0.1, 0.15) is 19.4 Å². The first-order valence-electron chi connectivity index (χ1n) is 6.32. The van der Waals surface area contributed by atoms with E-state index in [4.69, 9.17) is 18.0 Å². The first kappa shape index (κ1) is 14.3. The number of nitrogens with zero attached hydrogens (tertiary/aromatic N) is 1. The van der Waals surface area contributed by atoms with Crippen LogP contribution in [0, 0.1) is 0 Å². The van der Waals surface area contributed by atoms with Crippen molar-refractivity contribution in [1.82, 2.24) is 4.90 Å². The largest absolute Gasteiger partial charge is 0.392 e. The summed E-state index contributed by atoms with van der Waals surface area (Å²) in [5, 5.41) is -0.0471. The summed E-state index contributed by atoms with van der Waals surface area (Å²) in [7, 11) is 0. The Morgan fingerprint density at radius 3 is 2.79 bits per heavy atom. The summed E-state index contributed by atoms with van der Waals surface area (Å²) in [6, 6.07) is 8.29. The van der Waals surface area contributed by atoms with Crippen LogP contribution in [0.2, 0.25) is 0 Å². The van der Waals surface area contributed by atoms with Crippen molar-refractivity contribution in [2.75, 3.05) is 6.54 Å². The summed E-state index contributed by atoms with van der Waals surface area (Å²) >= 11 is 6.57. The fraction of sp³-hybridized carbons (Fsp3) is 0.429. The Bertz CT molecular complexity index is 477. The van der Waals surface area contributed by atoms with E-state index in [1.807, 2.05) is 26.0 Å². The number of fused-ring (bicyclic) bond motifs is 1. The van der Waals surface area contributed by atoms with Crippen molar-refractivity contribution in [3.63, 3.8) is 0 Å². The van der Waals surface area contributed by atoms with Gasteiger partial charge in [-0.25, -0.2) is 0 Å². The Hall–Kier alpha value is -1.07. The lowest BCUT2D eigenvalue weighted by molar-refractivity contribution is -0.131. The molecule has 1 amide bonds. The van der Waals surface area contributed by atoms with Crippen LogP contribution in [-0.4, -0.2) is 33.6 Å². The molecule has 1 atom stereocenters. The van der Waals surface area contributed by atoms with Gasteiger partial charge >= 0.3 is 0 Å². The topological polar surface area (TPSA) is 46.3 Å². The van der Waals surface area contributed by atoms with E-state index in [0.29, 0.717) is 11.5 Å². The third-order valence-electron chi connectivity index (χ3n) is 3.16. The lowest BCUT2D eigenvalue weighted by atomic mass is 10.1. The molecule has 1 aromatic rings. The zero-order chi connectivity index (χ0) is 14.0. The minimum absolute atomic E-state index is 0.0471. The van der Waals surface area contributed by atoms with Crippen LogP contribution in [0.4, 0.5) is 0 Å². The number of amides is 1. The molecule has 5 heteroatoms. The van der Waals surface area contributed by atoms with Gasteiger partial charge in [0.25, 0.3) is 0 Å². The van der Waals surface area contributed by atoms with Gasteiger partial charge in [-0.15, -0.1) is 11.8 Å². The van der Waals surface area contributed by atoms with Gasteiger partial charge in [0.1, 0.15) is 0 Å². The Morgan fingerprint density at radius 1 is 1.53 bits per heavy atom. The Labute approximate surface area is 123 Å². The fourth-order valence-corrected chi connectivity index (χ4v) is 3.59. The van der Waals surface area contributed by atoms with Crippen LogP contribution in [0.3, 0.4) is 0 Å². The molecule has 0 aliphatic carbocycles. The number of nitrogens with two attached hydrogens (primary N) is 1. The molecule has 1 aromatic carbocycles. The molecule has 0 saturated carbocycles. The number of thioether (sulfide) groups is 1. The van der Waals surface area contributed by atoms with Crippen molar-refractivity contribution < 1.29 is 4.79 Å². The lowest BCUT2D eigenvalue weighted by Gasteiger charge is -2.28. The highest BCUT2D eigenvalue weighted by molar-refractivity contribution is 8.01. The number of hydrogen-bond donors (Lipinski definition) is 1. The molecule has 0 fully saturated rings. The molecular weight excluding hydrogens is 276 g/mol. The van der Waals surface area contributed by atoms with Crippen molar-refractivity contribution in [3.05, 3.63) is 29.8 Å². The second-order valence-electron chi connectivity index (χ2n) is 4.94. The van der Waals surface area contributed by atoms with E-state index in [-0.39, 0.29) is 17.2 Å². The highest BCUT2D eigenvalue weighted by atomic mass is 32.2. The molecule has 102 valence electrons. The smallest absolute Gasteiger partial charge is 0.237 e. The molecule has 2 rings (SSSR count). The van der Waals surface area contributed by atoms with Crippen LogP contribution < -0.4 is 5.73 Å². The minimum atomic E-state index is -0.0471. The van der Waals surface area contributed by atoms with Gasteiger partial charge in [-0.2, -0.15) is 0 Å². The van der Waals surface area contributed by atoms with Crippen molar-refractivity contribution in [2.45, 2.75) is 36.5 Å². The lowest BCUT2D eigenvalue weighted by Crippen LogP contribution is -2.46. The average Bonchev–Trinajstić information content (AvgIpc) is 2.78. The van der Waals surface area contributed by atoms with Gasteiger partial charge < -0.3 is 10.6 Å². The highest BCUT2D eigenvalue weighted by Crippen LogP contribution is 2.37. The van der Waals surface area contributed by atoms with Crippen LogP contribution in [0.25, 0.3) is 0 Å². The first-order chi connectivity index (χ1) is 8.99. The zero-order valence-corrected chi connectivity index (χ0v) is 12.8. The molecule has 0 saturated heterocycles. The van der Waals surface area contributed by atoms with E-state index >= 15 is 0 Å². The minimum Gasteiger partial charge on any atom is -0.392 e. The molecule has 0 bridgehead atoms. The molecule has 2 N–H and O–H groups in total. The molecule has 0 aromatic heterocycles. The Morgan fingerprint density at radius 2 is 2.21 bits per heavy atom. The van der Waals surface area contributed by atoms with Crippen LogP contribution in [0.5, 0.6) is 0 Å². The Kier molecular flexibility index (Phi) is 4.47. The molecule has 0 radical (unpaired) electrons. The van der Waals surface area contributed by atoms with E-state index in [1.54, 1.807) is 16.7 Å². The molecule has 1 aliphatic rings. The number of rotatable bonds is 4. The van der Waals surface area contributed by atoms with Crippen molar-refractivity contribution in [3.8, 4) is 0 Å². The third kappa shape index (κ3) is 3.28. The summed E-state index contributed by atoms with van der Waals surface area (Å²) in [5.74, 6) is 0.129. The van der Waals surface area contributed by atoms with Crippen LogP contribution in [0.15, 0.2) is 29.2 Å². The number of carbonyl (C=O) groups is 1. The predicted molar refractivity (Wildman–Crippen MR) is 83.4 cm³/mol. The van der Waals surface area contributed by atoms with Crippen molar-refractivity contribution >= 4 is 34.9 Å². The summed E-state index contributed by atoms with van der Waals surface area (Å²) in [5.41, 5.74) is 6.84. The second-order valence-corrected chi connectivity index (χ2v) is 6.71. The first-order valence-corrected chi connectivity index (χ1v) is 7.61. The van der Waals surface area contributed by atoms with Gasteiger partial charge in [-0.05, 0) is 31.9 Å². The number of hydrogen-bond acceptors (Lipinski definition) is 3. The van der Waals surface area contributed by atoms with Gasteiger partial charge in [0.05, 0.1) is 16.8 Å². The van der Waals surface area contributed by atoms with E-state index in [2.05, 4.69) is 12.1 Å². The fourth-order valence-electron chi connectivity index (χ4n) is 2.19. The highest BCUT2D eigenvalue weighted by Gasteiger charge is 2.32. The van der Waals surface area contributed by atoms with Gasteiger partial charge in [0.2, 0.25) is 5.91 Å². The molecule has 19 heavy (non-hydrogen) atoms. The van der Waals surface area contributed by atoms with E-state index in [0.717, 1.165) is 6.42 Å². The molecule has 1 unspecified atom stereocenters. The molecular formula is C14H18N2OS2. The number of benzene rings is 1. The zero-order valence-electron chi connectivity index (χ0n) is 11.1. The molecule has 0 spiro atoms. The molecule has 3 nitrogen and oxygen atoms in total. The van der Waals surface area contributed by atoms with Gasteiger partial charge in [-0.1, -0.05) is 30.4 Å².